The number of fused-ring (bicyclic) bond motifs is 1. The van der Waals surface area contributed by atoms with Gasteiger partial charge in [0.1, 0.15) is 11.4 Å². The van der Waals surface area contributed by atoms with Crippen LogP contribution in [0.2, 0.25) is 0 Å². The van der Waals surface area contributed by atoms with Gasteiger partial charge in [-0.3, -0.25) is 0 Å². The minimum Gasteiger partial charge on any atom is -0.486 e. The highest BCUT2D eigenvalue weighted by Crippen LogP contribution is 2.41. The SMILES string of the molecule is CC1(C)Cc2cc(CC3CCCN3)cc(Br)c2O1. The first-order valence-electron chi connectivity index (χ1n) is 6.77. The number of hydrogen-bond acceptors (Lipinski definition) is 2. The summed E-state index contributed by atoms with van der Waals surface area (Å²) < 4.78 is 7.10. The molecule has 0 radical (unpaired) electrons. The number of halogens is 1. The van der Waals surface area contributed by atoms with E-state index in [0.717, 1.165) is 23.1 Å². The van der Waals surface area contributed by atoms with Gasteiger partial charge in [0.15, 0.2) is 0 Å². The second-order valence-electron chi connectivity index (χ2n) is 6.10. The van der Waals surface area contributed by atoms with Gasteiger partial charge in [-0.2, -0.15) is 0 Å². The molecule has 1 aromatic rings. The Labute approximate surface area is 117 Å². The standard InChI is InChI=1S/C15H20BrNO/c1-15(2)9-11-6-10(7-12-4-3-5-17-12)8-13(16)14(11)18-15/h6,8,12,17H,3-5,7,9H2,1-2H3. The van der Waals surface area contributed by atoms with Crippen LogP contribution in [0.15, 0.2) is 16.6 Å². The molecule has 1 fully saturated rings. The van der Waals surface area contributed by atoms with Crippen LogP contribution in [0.3, 0.4) is 0 Å². The van der Waals surface area contributed by atoms with Crippen molar-refractivity contribution < 1.29 is 4.74 Å². The van der Waals surface area contributed by atoms with E-state index in [1.54, 1.807) is 0 Å². The van der Waals surface area contributed by atoms with Gasteiger partial charge in [-0.05, 0) is 72.8 Å². The maximum Gasteiger partial charge on any atom is 0.137 e. The first-order chi connectivity index (χ1) is 8.53. The van der Waals surface area contributed by atoms with Gasteiger partial charge >= 0.3 is 0 Å². The number of rotatable bonds is 2. The van der Waals surface area contributed by atoms with E-state index in [2.05, 4.69) is 47.2 Å². The molecule has 0 aliphatic carbocycles. The summed E-state index contributed by atoms with van der Waals surface area (Å²) in [6, 6.07) is 5.21. The molecule has 2 nitrogen and oxygen atoms in total. The number of benzene rings is 1. The second-order valence-corrected chi connectivity index (χ2v) is 6.96. The molecule has 3 rings (SSSR count). The molecule has 98 valence electrons. The molecule has 18 heavy (non-hydrogen) atoms. The summed E-state index contributed by atoms with van der Waals surface area (Å²) in [5.74, 6) is 1.04. The van der Waals surface area contributed by atoms with Crippen molar-refractivity contribution >= 4 is 15.9 Å². The third-order valence-corrected chi connectivity index (χ3v) is 4.41. The summed E-state index contributed by atoms with van der Waals surface area (Å²) in [7, 11) is 0. The van der Waals surface area contributed by atoms with Gasteiger partial charge in [-0.1, -0.05) is 6.07 Å². The summed E-state index contributed by atoms with van der Waals surface area (Å²) in [5, 5.41) is 3.56. The zero-order valence-corrected chi connectivity index (χ0v) is 12.6. The Morgan fingerprint density at radius 3 is 3.00 bits per heavy atom. The van der Waals surface area contributed by atoms with Gasteiger partial charge in [-0.25, -0.2) is 0 Å². The zero-order chi connectivity index (χ0) is 12.8. The molecule has 0 spiro atoms. The van der Waals surface area contributed by atoms with Crippen LogP contribution in [-0.2, 0) is 12.8 Å². The van der Waals surface area contributed by atoms with E-state index >= 15 is 0 Å². The molecule has 0 aromatic heterocycles. The summed E-state index contributed by atoms with van der Waals surface area (Å²) in [6.07, 6.45) is 4.75. The third kappa shape index (κ3) is 2.43. The summed E-state index contributed by atoms with van der Waals surface area (Å²) in [5.41, 5.74) is 2.71. The van der Waals surface area contributed by atoms with Crippen molar-refractivity contribution in [2.24, 2.45) is 0 Å². The molecule has 1 atom stereocenters. The minimum atomic E-state index is -0.0604. The Morgan fingerprint density at radius 1 is 1.44 bits per heavy atom. The third-order valence-electron chi connectivity index (χ3n) is 3.82. The monoisotopic (exact) mass is 309 g/mol. The topological polar surface area (TPSA) is 21.3 Å². The van der Waals surface area contributed by atoms with Gasteiger partial charge in [0.2, 0.25) is 0 Å². The largest absolute Gasteiger partial charge is 0.486 e. The molecule has 2 aliphatic heterocycles. The average molecular weight is 310 g/mol. The molecule has 0 amide bonds. The number of hydrogen-bond donors (Lipinski definition) is 1. The average Bonchev–Trinajstić information content (AvgIpc) is 2.85. The lowest BCUT2D eigenvalue weighted by molar-refractivity contribution is 0.137. The molecule has 1 aromatic carbocycles. The lowest BCUT2D eigenvalue weighted by Crippen LogP contribution is -2.24. The smallest absolute Gasteiger partial charge is 0.137 e. The van der Waals surface area contributed by atoms with E-state index < -0.39 is 0 Å². The van der Waals surface area contributed by atoms with Gasteiger partial charge in [0, 0.05) is 12.5 Å². The number of ether oxygens (including phenoxy) is 1. The van der Waals surface area contributed by atoms with Crippen LogP contribution in [-0.4, -0.2) is 18.2 Å². The molecular formula is C15H20BrNO. The van der Waals surface area contributed by atoms with Crippen molar-refractivity contribution in [3.8, 4) is 5.75 Å². The molecule has 3 heteroatoms. The van der Waals surface area contributed by atoms with Crippen molar-refractivity contribution in [2.75, 3.05) is 6.54 Å². The van der Waals surface area contributed by atoms with Crippen LogP contribution >= 0.6 is 15.9 Å². The molecular weight excluding hydrogens is 290 g/mol. The van der Waals surface area contributed by atoms with E-state index in [9.17, 15) is 0 Å². The van der Waals surface area contributed by atoms with E-state index in [1.807, 2.05) is 0 Å². The van der Waals surface area contributed by atoms with Crippen molar-refractivity contribution in [3.05, 3.63) is 27.7 Å². The Balaban J connectivity index is 1.84. The summed E-state index contributed by atoms with van der Waals surface area (Å²) in [6.45, 7) is 5.47. The van der Waals surface area contributed by atoms with Crippen LogP contribution < -0.4 is 10.1 Å². The van der Waals surface area contributed by atoms with E-state index in [1.165, 1.54) is 30.5 Å². The van der Waals surface area contributed by atoms with Crippen molar-refractivity contribution in [1.82, 2.24) is 5.32 Å². The Kier molecular flexibility index (Phi) is 3.15. The van der Waals surface area contributed by atoms with Crippen LogP contribution in [0.1, 0.15) is 37.8 Å². The fourth-order valence-corrected chi connectivity index (χ4v) is 3.69. The highest BCUT2D eigenvalue weighted by atomic mass is 79.9. The van der Waals surface area contributed by atoms with Gasteiger partial charge in [-0.15, -0.1) is 0 Å². The minimum absolute atomic E-state index is 0.0604. The normalized spacial score (nSPS) is 24.9. The molecule has 1 unspecified atom stereocenters. The first kappa shape index (κ1) is 12.5. The van der Waals surface area contributed by atoms with Gasteiger partial charge in [0.05, 0.1) is 4.47 Å². The van der Waals surface area contributed by atoms with Gasteiger partial charge in [0.25, 0.3) is 0 Å². The molecule has 1 N–H and O–H groups in total. The van der Waals surface area contributed by atoms with E-state index in [0.29, 0.717) is 6.04 Å². The lowest BCUT2D eigenvalue weighted by Gasteiger charge is -2.17. The maximum absolute atomic E-state index is 5.99. The summed E-state index contributed by atoms with van der Waals surface area (Å²) >= 11 is 3.65. The maximum atomic E-state index is 5.99. The predicted octanol–water partition coefficient (Wildman–Crippen LogP) is 3.46. The highest BCUT2D eigenvalue weighted by Gasteiger charge is 2.32. The van der Waals surface area contributed by atoms with E-state index in [4.69, 9.17) is 4.74 Å². The van der Waals surface area contributed by atoms with Crippen LogP contribution in [0, 0.1) is 0 Å². The first-order valence-corrected chi connectivity index (χ1v) is 7.56. The highest BCUT2D eigenvalue weighted by molar-refractivity contribution is 9.10. The number of nitrogens with one attached hydrogen (secondary N) is 1. The zero-order valence-electron chi connectivity index (χ0n) is 11.1. The fourth-order valence-electron chi connectivity index (χ4n) is 3.06. The fraction of sp³-hybridized carbons (Fsp3) is 0.600. The molecule has 2 aliphatic rings. The van der Waals surface area contributed by atoms with Crippen molar-refractivity contribution in [3.63, 3.8) is 0 Å². The van der Waals surface area contributed by atoms with E-state index in [-0.39, 0.29) is 5.60 Å². The van der Waals surface area contributed by atoms with Gasteiger partial charge < -0.3 is 10.1 Å². The second kappa shape index (κ2) is 4.53. The van der Waals surface area contributed by atoms with Crippen molar-refractivity contribution in [2.45, 2.75) is 51.2 Å². The summed E-state index contributed by atoms with van der Waals surface area (Å²) in [4.78, 5) is 0. The van der Waals surface area contributed by atoms with Crippen LogP contribution in [0.5, 0.6) is 5.75 Å². The quantitative estimate of drug-likeness (QED) is 0.903. The Hall–Kier alpha value is -0.540. The molecule has 1 saturated heterocycles. The predicted molar refractivity (Wildman–Crippen MR) is 77.3 cm³/mol. The Morgan fingerprint density at radius 2 is 2.28 bits per heavy atom. The Bertz CT molecular complexity index is 464. The van der Waals surface area contributed by atoms with Crippen LogP contribution in [0.4, 0.5) is 0 Å². The molecule has 0 saturated carbocycles. The van der Waals surface area contributed by atoms with Crippen molar-refractivity contribution in [1.29, 1.82) is 0 Å². The molecule has 2 heterocycles. The lowest BCUT2D eigenvalue weighted by atomic mass is 9.97. The molecule has 0 bridgehead atoms. The van der Waals surface area contributed by atoms with Crippen LogP contribution in [0.25, 0.3) is 0 Å².